The van der Waals surface area contributed by atoms with Crippen LogP contribution >= 0.6 is 0 Å². The van der Waals surface area contributed by atoms with Crippen molar-refractivity contribution >= 4 is 19.9 Å². The number of nitrogens with one attached hydrogen (secondary N) is 2. The Morgan fingerprint density at radius 2 is 1.85 bits per heavy atom. The minimum atomic E-state index is -3.66. The van der Waals surface area contributed by atoms with Crippen LogP contribution in [-0.2, 0) is 19.9 Å². The third kappa shape index (κ3) is 3.75. The topological polar surface area (TPSA) is 105 Å². The normalized spacial score (nSPS) is 18.1. The minimum absolute atomic E-state index is 0.0246. The first-order valence-electron chi connectivity index (χ1n) is 6.18. The molecule has 0 unspecified atom stereocenters. The van der Waals surface area contributed by atoms with Gasteiger partial charge in [0.1, 0.15) is 4.90 Å². The quantitative estimate of drug-likeness (QED) is 0.776. The molecule has 0 bridgehead atoms. The predicted molar refractivity (Wildman–Crippen MR) is 73.6 cm³/mol. The molecule has 0 aliphatic carbocycles. The van der Waals surface area contributed by atoms with Gasteiger partial charge in [-0.05, 0) is 38.1 Å². The molecule has 2 rings (SSSR count). The first-order valence-corrected chi connectivity index (χ1v) is 9.56. The summed E-state index contributed by atoms with van der Waals surface area (Å²) in [5.74, 6) is 0. The first kappa shape index (κ1) is 15.4. The number of sulfonamides is 1. The van der Waals surface area contributed by atoms with Gasteiger partial charge in [-0.15, -0.1) is 0 Å². The smallest absolute Gasteiger partial charge is 0.242 e. The van der Waals surface area contributed by atoms with Gasteiger partial charge in [0, 0.05) is 18.5 Å². The maximum absolute atomic E-state index is 12.1. The molecule has 7 nitrogen and oxygen atoms in total. The van der Waals surface area contributed by atoms with Gasteiger partial charge in [-0.2, -0.15) is 0 Å². The lowest BCUT2D eigenvalue weighted by atomic mass is 10.1. The van der Waals surface area contributed by atoms with Gasteiger partial charge in [0.15, 0.2) is 14.9 Å². The number of hydrogen-bond donors (Lipinski definition) is 2. The van der Waals surface area contributed by atoms with Gasteiger partial charge in [0.25, 0.3) is 0 Å². The van der Waals surface area contributed by atoms with Crippen LogP contribution in [0.3, 0.4) is 0 Å². The highest BCUT2D eigenvalue weighted by Gasteiger charge is 2.22. The molecule has 1 saturated heterocycles. The lowest BCUT2D eigenvalue weighted by molar-refractivity contribution is 0.427. The molecule has 0 aromatic carbocycles. The van der Waals surface area contributed by atoms with Crippen molar-refractivity contribution in [2.45, 2.75) is 28.8 Å². The average Bonchev–Trinajstić information content (AvgIpc) is 2.38. The molecule has 9 heteroatoms. The Hall–Kier alpha value is -1.03. The second kappa shape index (κ2) is 5.76. The number of sulfone groups is 1. The molecule has 0 spiro atoms. The fourth-order valence-electron chi connectivity index (χ4n) is 1.97. The van der Waals surface area contributed by atoms with Crippen molar-refractivity contribution in [3.05, 3.63) is 18.3 Å². The van der Waals surface area contributed by atoms with Crippen LogP contribution in [0.5, 0.6) is 0 Å². The SMILES string of the molecule is CS(=O)(=O)c1ccc(S(=O)(=O)NC2CCNCC2)cn1. The van der Waals surface area contributed by atoms with E-state index in [1.165, 1.54) is 12.1 Å². The largest absolute Gasteiger partial charge is 0.317 e. The summed E-state index contributed by atoms with van der Waals surface area (Å²) in [7, 11) is -7.08. The van der Waals surface area contributed by atoms with Crippen LogP contribution in [0.15, 0.2) is 28.3 Å². The van der Waals surface area contributed by atoms with Gasteiger partial charge >= 0.3 is 0 Å². The zero-order chi connectivity index (χ0) is 14.8. The van der Waals surface area contributed by atoms with Crippen LogP contribution in [-0.4, -0.2) is 47.2 Å². The van der Waals surface area contributed by atoms with Gasteiger partial charge in [-0.25, -0.2) is 26.5 Å². The third-order valence-corrected chi connectivity index (χ3v) is 5.57. The van der Waals surface area contributed by atoms with Crippen molar-refractivity contribution in [2.75, 3.05) is 19.3 Å². The fraction of sp³-hybridized carbons (Fsp3) is 0.545. The summed E-state index contributed by atoms with van der Waals surface area (Å²) < 4.78 is 49.4. The van der Waals surface area contributed by atoms with E-state index < -0.39 is 19.9 Å². The third-order valence-electron chi connectivity index (χ3n) is 3.06. The zero-order valence-corrected chi connectivity index (χ0v) is 12.7. The standard InChI is InChI=1S/C11H17N3O4S2/c1-19(15,16)11-3-2-10(8-13-11)20(17,18)14-9-4-6-12-7-5-9/h2-3,8-9,12,14H,4-7H2,1H3. The summed E-state index contributed by atoms with van der Waals surface area (Å²) >= 11 is 0. The summed E-state index contributed by atoms with van der Waals surface area (Å²) in [6.45, 7) is 1.55. The summed E-state index contributed by atoms with van der Waals surface area (Å²) in [5, 5.41) is 3.01. The Labute approximate surface area is 118 Å². The van der Waals surface area contributed by atoms with E-state index in [2.05, 4.69) is 15.0 Å². The van der Waals surface area contributed by atoms with Crippen LogP contribution in [0.1, 0.15) is 12.8 Å². The molecule has 0 amide bonds. The summed E-state index contributed by atoms with van der Waals surface area (Å²) in [6, 6.07) is 2.36. The van der Waals surface area contributed by atoms with Crippen LogP contribution in [0, 0.1) is 0 Å². The van der Waals surface area contributed by atoms with E-state index in [-0.39, 0.29) is 16.0 Å². The Bertz CT molecular complexity index is 662. The fourth-order valence-corrected chi connectivity index (χ4v) is 3.78. The second-order valence-electron chi connectivity index (χ2n) is 4.75. The second-order valence-corrected chi connectivity index (χ2v) is 8.43. The number of piperidine rings is 1. The number of pyridine rings is 1. The average molecular weight is 319 g/mol. The minimum Gasteiger partial charge on any atom is -0.317 e. The van der Waals surface area contributed by atoms with Crippen molar-refractivity contribution < 1.29 is 16.8 Å². The number of aromatic nitrogens is 1. The van der Waals surface area contributed by atoms with Gasteiger partial charge in [-0.3, -0.25) is 0 Å². The maximum Gasteiger partial charge on any atom is 0.242 e. The molecule has 112 valence electrons. The monoisotopic (exact) mass is 319 g/mol. The molecular weight excluding hydrogens is 302 g/mol. The van der Waals surface area contributed by atoms with Gasteiger partial charge in [-0.1, -0.05) is 0 Å². The van der Waals surface area contributed by atoms with E-state index in [4.69, 9.17) is 0 Å². The Balaban J connectivity index is 2.17. The molecule has 1 aromatic rings. The van der Waals surface area contributed by atoms with Crippen molar-refractivity contribution in [1.29, 1.82) is 0 Å². The summed E-state index contributed by atoms with van der Waals surface area (Å²) in [6.07, 6.45) is 3.55. The Kier molecular flexibility index (Phi) is 4.43. The maximum atomic E-state index is 12.1. The van der Waals surface area contributed by atoms with Crippen LogP contribution in [0.4, 0.5) is 0 Å². The van der Waals surface area contributed by atoms with E-state index in [0.717, 1.165) is 38.4 Å². The molecule has 1 aliphatic heterocycles. The molecule has 1 fully saturated rings. The van der Waals surface area contributed by atoms with Crippen LogP contribution in [0.25, 0.3) is 0 Å². The number of rotatable bonds is 4. The van der Waals surface area contributed by atoms with E-state index in [9.17, 15) is 16.8 Å². The molecule has 2 heterocycles. The molecule has 1 aliphatic rings. The highest BCUT2D eigenvalue weighted by molar-refractivity contribution is 7.90. The molecule has 0 saturated carbocycles. The summed E-state index contributed by atoms with van der Waals surface area (Å²) in [4.78, 5) is 3.67. The molecule has 20 heavy (non-hydrogen) atoms. The van der Waals surface area contributed by atoms with Crippen molar-refractivity contribution in [3.63, 3.8) is 0 Å². The predicted octanol–water partition coefficient (Wildman–Crippen LogP) is -0.485. The van der Waals surface area contributed by atoms with Gasteiger partial charge in [0.05, 0.1) is 0 Å². The summed E-state index contributed by atoms with van der Waals surface area (Å²) in [5.41, 5.74) is 0. The highest BCUT2D eigenvalue weighted by atomic mass is 32.2. The van der Waals surface area contributed by atoms with E-state index >= 15 is 0 Å². The molecular formula is C11H17N3O4S2. The zero-order valence-electron chi connectivity index (χ0n) is 11.0. The van der Waals surface area contributed by atoms with Crippen LogP contribution < -0.4 is 10.0 Å². The van der Waals surface area contributed by atoms with Gasteiger partial charge < -0.3 is 5.32 Å². The highest BCUT2D eigenvalue weighted by Crippen LogP contribution is 2.13. The first-order chi connectivity index (χ1) is 9.29. The number of nitrogens with zero attached hydrogens (tertiary/aromatic N) is 1. The van der Waals surface area contributed by atoms with E-state index in [0.29, 0.717) is 0 Å². The lowest BCUT2D eigenvalue weighted by Gasteiger charge is -2.23. The van der Waals surface area contributed by atoms with E-state index in [1.807, 2.05) is 0 Å². The molecule has 1 aromatic heterocycles. The lowest BCUT2D eigenvalue weighted by Crippen LogP contribution is -2.42. The van der Waals surface area contributed by atoms with Crippen molar-refractivity contribution in [2.24, 2.45) is 0 Å². The Morgan fingerprint density at radius 1 is 1.20 bits per heavy atom. The van der Waals surface area contributed by atoms with Gasteiger partial charge in [0.2, 0.25) is 10.0 Å². The van der Waals surface area contributed by atoms with Crippen LogP contribution in [0.2, 0.25) is 0 Å². The van der Waals surface area contributed by atoms with E-state index in [1.54, 1.807) is 0 Å². The molecule has 0 atom stereocenters. The number of hydrogen-bond acceptors (Lipinski definition) is 6. The van der Waals surface area contributed by atoms with Crippen molar-refractivity contribution in [1.82, 2.24) is 15.0 Å². The Morgan fingerprint density at radius 3 is 2.35 bits per heavy atom. The molecule has 2 N–H and O–H groups in total. The van der Waals surface area contributed by atoms with Crippen molar-refractivity contribution in [3.8, 4) is 0 Å². The molecule has 0 radical (unpaired) electrons.